The third kappa shape index (κ3) is 0.906. The van der Waals surface area contributed by atoms with Crippen LogP contribution in [0, 0.1) is 6.92 Å². The lowest BCUT2D eigenvalue weighted by Crippen LogP contribution is -1.84. The predicted molar refractivity (Wildman–Crippen MR) is 45.3 cm³/mol. The molecule has 0 aliphatic carbocycles. The molecule has 2 rings (SSSR count). The number of aldehydes is 1. The average molecular weight is 160 g/mol. The standard InChI is InChI=1S/C9H8N2O/c1-7-2-3-11-6-10-8(5-12)9(11)4-7/h2-6H,1H3. The van der Waals surface area contributed by atoms with Crippen LogP contribution in [0.3, 0.4) is 0 Å². The summed E-state index contributed by atoms with van der Waals surface area (Å²) in [4.78, 5) is 14.5. The molecule has 2 aromatic heterocycles. The van der Waals surface area contributed by atoms with Crippen LogP contribution >= 0.6 is 0 Å². The first-order chi connectivity index (χ1) is 5.81. The summed E-state index contributed by atoms with van der Waals surface area (Å²) in [5.41, 5.74) is 2.50. The molecule has 12 heavy (non-hydrogen) atoms. The minimum Gasteiger partial charge on any atom is -0.306 e. The quantitative estimate of drug-likeness (QED) is 0.592. The maximum Gasteiger partial charge on any atom is 0.170 e. The first-order valence-corrected chi connectivity index (χ1v) is 3.70. The van der Waals surface area contributed by atoms with Gasteiger partial charge in [-0.05, 0) is 24.6 Å². The Kier molecular flexibility index (Phi) is 1.43. The Balaban J connectivity index is 2.83. The molecule has 0 unspecified atom stereocenters. The molecular weight excluding hydrogens is 152 g/mol. The zero-order chi connectivity index (χ0) is 8.55. The summed E-state index contributed by atoms with van der Waals surface area (Å²) in [6, 6.07) is 3.92. The largest absolute Gasteiger partial charge is 0.306 e. The monoisotopic (exact) mass is 160 g/mol. The van der Waals surface area contributed by atoms with Crippen LogP contribution in [0.25, 0.3) is 5.52 Å². The molecule has 0 fully saturated rings. The molecule has 0 aliphatic rings. The highest BCUT2D eigenvalue weighted by molar-refractivity contribution is 5.83. The van der Waals surface area contributed by atoms with Crippen molar-refractivity contribution < 1.29 is 4.79 Å². The Morgan fingerprint density at radius 2 is 2.42 bits per heavy atom. The van der Waals surface area contributed by atoms with Gasteiger partial charge in [0.25, 0.3) is 0 Å². The van der Waals surface area contributed by atoms with Crippen LogP contribution in [0.4, 0.5) is 0 Å². The number of carbonyl (C=O) groups excluding carboxylic acids is 1. The molecule has 0 radical (unpaired) electrons. The van der Waals surface area contributed by atoms with Crippen molar-refractivity contribution in [3.8, 4) is 0 Å². The molecule has 60 valence electrons. The van der Waals surface area contributed by atoms with E-state index >= 15 is 0 Å². The van der Waals surface area contributed by atoms with Gasteiger partial charge in [-0.2, -0.15) is 0 Å². The Labute approximate surface area is 69.7 Å². The van der Waals surface area contributed by atoms with Gasteiger partial charge in [-0.25, -0.2) is 4.98 Å². The molecule has 2 heterocycles. The number of aryl methyl sites for hydroxylation is 1. The average Bonchev–Trinajstić information content (AvgIpc) is 2.46. The predicted octanol–water partition coefficient (Wildman–Crippen LogP) is 1.46. The van der Waals surface area contributed by atoms with E-state index in [1.807, 2.05) is 29.7 Å². The normalized spacial score (nSPS) is 10.4. The first-order valence-electron chi connectivity index (χ1n) is 3.70. The van der Waals surface area contributed by atoms with Gasteiger partial charge in [0.2, 0.25) is 0 Å². The van der Waals surface area contributed by atoms with Crippen molar-refractivity contribution in [3.05, 3.63) is 35.9 Å². The van der Waals surface area contributed by atoms with Gasteiger partial charge in [0.05, 0.1) is 5.52 Å². The van der Waals surface area contributed by atoms with Crippen LogP contribution in [0.2, 0.25) is 0 Å². The van der Waals surface area contributed by atoms with Gasteiger partial charge in [0.1, 0.15) is 12.0 Å². The van der Waals surface area contributed by atoms with Crippen LogP contribution < -0.4 is 0 Å². The van der Waals surface area contributed by atoms with Crippen molar-refractivity contribution in [1.29, 1.82) is 0 Å². The topological polar surface area (TPSA) is 34.4 Å². The fraction of sp³-hybridized carbons (Fsp3) is 0.111. The second-order valence-corrected chi connectivity index (χ2v) is 2.74. The number of fused-ring (bicyclic) bond motifs is 1. The van der Waals surface area contributed by atoms with E-state index in [0.717, 1.165) is 17.4 Å². The van der Waals surface area contributed by atoms with Gasteiger partial charge >= 0.3 is 0 Å². The van der Waals surface area contributed by atoms with E-state index < -0.39 is 0 Å². The maximum absolute atomic E-state index is 10.5. The Hall–Kier alpha value is -1.64. The van der Waals surface area contributed by atoms with Crippen molar-refractivity contribution in [2.45, 2.75) is 6.92 Å². The number of hydrogen-bond donors (Lipinski definition) is 0. The number of imidazole rings is 1. The summed E-state index contributed by atoms with van der Waals surface area (Å²) in [5, 5.41) is 0. The third-order valence-electron chi connectivity index (χ3n) is 1.84. The third-order valence-corrected chi connectivity index (χ3v) is 1.84. The number of nitrogens with zero attached hydrogens (tertiary/aromatic N) is 2. The molecule has 0 N–H and O–H groups in total. The highest BCUT2D eigenvalue weighted by Crippen LogP contribution is 2.09. The molecule has 0 aliphatic heterocycles. The molecule has 2 aromatic rings. The summed E-state index contributed by atoms with van der Waals surface area (Å²) in [5.74, 6) is 0. The summed E-state index contributed by atoms with van der Waals surface area (Å²) < 4.78 is 1.83. The summed E-state index contributed by atoms with van der Waals surface area (Å²) >= 11 is 0. The number of aromatic nitrogens is 2. The molecule has 0 saturated heterocycles. The second kappa shape index (κ2) is 2.44. The number of hydrogen-bond acceptors (Lipinski definition) is 2. The van der Waals surface area contributed by atoms with Crippen LogP contribution in [-0.2, 0) is 0 Å². The van der Waals surface area contributed by atoms with Crippen LogP contribution in [0.15, 0.2) is 24.7 Å². The molecule has 0 amide bonds. The fourth-order valence-electron chi connectivity index (χ4n) is 1.20. The van der Waals surface area contributed by atoms with Crippen molar-refractivity contribution >= 4 is 11.8 Å². The van der Waals surface area contributed by atoms with Gasteiger partial charge in [0.15, 0.2) is 6.29 Å². The molecule has 0 bridgehead atoms. The zero-order valence-electron chi connectivity index (χ0n) is 6.69. The SMILES string of the molecule is Cc1ccn2cnc(C=O)c2c1. The molecule has 0 spiro atoms. The van der Waals surface area contributed by atoms with E-state index in [0.29, 0.717) is 5.69 Å². The first kappa shape index (κ1) is 7.03. The molecule has 0 aromatic carbocycles. The molecule has 3 nitrogen and oxygen atoms in total. The highest BCUT2D eigenvalue weighted by atomic mass is 16.1. The van der Waals surface area contributed by atoms with Gasteiger partial charge in [0, 0.05) is 6.20 Å². The summed E-state index contributed by atoms with van der Waals surface area (Å²) in [6.07, 6.45) is 4.30. The van der Waals surface area contributed by atoms with Gasteiger partial charge in [-0.15, -0.1) is 0 Å². The lowest BCUT2D eigenvalue weighted by molar-refractivity contribution is 0.112. The van der Waals surface area contributed by atoms with Gasteiger partial charge < -0.3 is 4.40 Å². The maximum atomic E-state index is 10.5. The van der Waals surface area contributed by atoms with E-state index in [1.54, 1.807) is 6.33 Å². The van der Waals surface area contributed by atoms with Crippen molar-refractivity contribution in [3.63, 3.8) is 0 Å². The smallest absolute Gasteiger partial charge is 0.170 e. The van der Waals surface area contributed by atoms with E-state index in [1.165, 1.54) is 0 Å². The van der Waals surface area contributed by atoms with E-state index in [4.69, 9.17) is 0 Å². The lowest BCUT2D eigenvalue weighted by atomic mass is 10.2. The van der Waals surface area contributed by atoms with Crippen LogP contribution in [-0.4, -0.2) is 15.7 Å². The van der Waals surface area contributed by atoms with Crippen LogP contribution in [0.1, 0.15) is 16.1 Å². The van der Waals surface area contributed by atoms with E-state index in [2.05, 4.69) is 4.98 Å². The minimum atomic E-state index is 0.499. The second-order valence-electron chi connectivity index (χ2n) is 2.74. The zero-order valence-corrected chi connectivity index (χ0v) is 6.69. The molecule has 3 heteroatoms. The highest BCUT2D eigenvalue weighted by Gasteiger charge is 2.01. The Morgan fingerprint density at radius 1 is 1.58 bits per heavy atom. The fourth-order valence-corrected chi connectivity index (χ4v) is 1.20. The lowest BCUT2D eigenvalue weighted by Gasteiger charge is -1.94. The van der Waals surface area contributed by atoms with Gasteiger partial charge in [-0.3, -0.25) is 4.79 Å². The Bertz CT molecular complexity index is 431. The van der Waals surface area contributed by atoms with Crippen molar-refractivity contribution in [2.75, 3.05) is 0 Å². The summed E-state index contributed by atoms with van der Waals surface area (Å²) in [7, 11) is 0. The molecule has 0 saturated carbocycles. The summed E-state index contributed by atoms with van der Waals surface area (Å²) in [6.45, 7) is 1.99. The van der Waals surface area contributed by atoms with E-state index in [9.17, 15) is 4.79 Å². The number of rotatable bonds is 1. The number of carbonyl (C=O) groups is 1. The molecule has 0 atom stereocenters. The molecular formula is C9H8N2O. The van der Waals surface area contributed by atoms with Gasteiger partial charge in [-0.1, -0.05) is 0 Å². The van der Waals surface area contributed by atoms with E-state index in [-0.39, 0.29) is 0 Å². The minimum absolute atomic E-state index is 0.499. The Morgan fingerprint density at radius 3 is 3.17 bits per heavy atom. The van der Waals surface area contributed by atoms with Crippen molar-refractivity contribution in [2.24, 2.45) is 0 Å². The van der Waals surface area contributed by atoms with Crippen LogP contribution in [0.5, 0.6) is 0 Å². The number of pyridine rings is 1. The van der Waals surface area contributed by atoms with Crippen molar-refractivity contribution in [1.82, 2.24) is 9.38 Å².